The smallest absolute Gasteiger partial charge is 0.319 e. The molecular weight excluding hydrogens is 325 g/mol. The van der Waals surface area contributed by atoms with Crippen molar-refractivity contribution in [2.75, 3.05) is 12.4 Å². The monoisotopic (exact) mass is 347 g/mol. The molecule has 1 heterocycles. The summed E-state index contributed by atoms with van der Waals surface area (Å²) in [6.45, 7) is 6.93. The fourth-order valence-electron chi connectivity index (χ4n) is 2.55. The molecule has 0 unspecified atom stereocenters. The van der Waals surface area contributed by atoms with E-state index in [0.29, 0.717) is 12.2 Å². The maximum Gasteiger partial charge on any atom is 0.319 e. The van der Waals surface area contributed by atoms with Gasteiger partial charge in [-0.3, -0.25) is 9.48 Å². The highest BCUT2D eigenvalue weighted by Crippen LogP contribution is 2.15. The lowest BCUT2D eigenvalue weighted by Crippen LogP contribution is -2.29. The number of hydrogen-bond acceptors (Lipinski definition) is 3. The van der Waals surface area contributed by atoms with Crippen LogP contribution in [0.2, 0.25) is 0 Å². The van der Waals surface area contributed by atoms with E-state index in [1.54, 1.807) is 0 Å². The van der Waals surface area contributed by atoms with Crippen molar-refractivity contribution in [3.05, 3.63) is 46.5 Å². The lowest BCUT2D eigenvalue weighted by molar-refractivity contribution is 0.0959. The molecule has 1 aromatic heterocycles. The lowest BCUT2D eigenvalue weighted by atomic mass is 10.1. The fraction of sp³-hybridized carbons (Fsp3) is 0.353. The first-order valence-corrected chi connectivity index (χ1v) is 7.96. The van der Waals surface area contributed by atoms with Crippen molar-refractivity contribution in [2.24, 2.45) is 0 Å². The molecule has 0 fully saturated rings. The predicted octanol–water partition coefficient (Wildman–Crippen LogP) is 2.34. The van der Waals surface area contributed by atoms with Gasteiger partial charge in [-0.15, -0.1) is 0 Å². The average Bonchev–Trinajstić information content (AvgIpc) is 2.87. The van der Waals surface area contributed by atoms with Gasteiger partial charge in [-0.1, -0.05) is 0 Å². The zero-order chi connectivity index (χ0) is 18.6. The Hall–Kier alpha value is -2.90. The summed E-state index contributed by atoms with van der Waals surface area (Å²) in [5, 5.41) is 12.1. The highest BCUT2D eigenvalue weighted by atomic mass is 19.1. The van der Waals surface area contributed by atoms with Crippen LogP contribution in [0.15, 0.2) is 18.2 Å². The first-order chi connectivity index (χ1) is 11.9. The molecule has 0 atom stereocenters. The molecule has 25 heavy (non-hydrogen) atoms. The fourth-order valence-corrected chi connectivity index (χ4v) is 2.55. The third-order valence-electron chi connectivity index (χ3n) is 3.95. The van der Waals surface area contributed by atoms with E-state index >= 15 is 0 Å². The Morgan fingerprint density at radius 2 is 2.00 bits per heavy atom. The molecule has 134 valence electrons. The normalized spacial score (nSPS) is 10.4. The Bertz CT molecular complexity index is 801. The summed E-state index contributed by atoms with van der Waals surface area (Å²) in [6, 6.07) is 3.38. The molecule has 0 spiro atoms. The van der Waals surface area contributed by atoms with Crippen LogP contribution in [0.25, 0.3) is 0 Å². The van der Waals surface area contributed by atoms with Gasteiger partial charge in [-0.2, -0.15) is 5.10 Å². The van der Waals surface area contributed by atoms with Gasteiger partial charge in [0, 0.05) is 37.1 Å². The van der Waals surface area contributed by atoms with Gasteiger partial charge >= 0.3 is 6.03 Å². The van der Waals surface area contributed by atoms with E-state index in [-0.39, 0.29) is 5.56 Å². The number of nitrogens with one attached hydrogen (secondary N) is 3. The lowest BCUT2D eigenvalue weighted by Gasteiger charge is -2.10. The maximum absolute atomic E-state index is 13.6. The Labute approximate surface area is 145 Å². The van der Waals surface area contributed by atoms with Crippen LogP contribution in [0.1, 0.15) is 34.2 Å². The predicted molar refractivity (Wildman–Crippen MR) is 93.0 cm³/mol. The van der Waals surface area contributed by atoms with E-state index in [2.05, 4.69) is 21.0 Å². The van der Waals surface area contributed by atoms with Crippen LogP contribution in [0.5, 0.6) is 0 Å². The number of aryl methyl sites for hydroxylation is 2. The topological polar surface area (TPSA) is 88.1 Å². The van der Waals surface area contributed by atoms with Crippen molar-refractivity contribution in [3.8, 4) is 0 Å². The van der Waals surface area contributed by atoms with Crippen molar-refractivity contribution >= 4 is 17.6 Å². The van der Waals surface area contributed by atoms with Crippen molar-refractivity contribution in [1.82, 2.24) is 20.4 Å². The molecule has 0 bridgehead atoms. The Morgan fingerprint density at radius 3 is 2.60 bits per heavy atom. The van der Waals surface area contributed by atoms with Crippen LogP contribution in [0.3, 0.4) is 0 Å². The van der Waals surface area contributed by atoms with Gasteiger partial charge in [0.25, 0.3) is 5.91 Å². The van der Waals surface area contributed by atoms with Crippen LogP contribution < -0.4 is 16.0 Å². The molecule has 2 rings (SSSR count). The van der Waals surface area contributed by atoms with E-state index in [0.717, 1.165) is 29.6 Å². The van der Waals surface area contributed by atoms with Gasteiger partial charge in [-0.25, -0.2) is 9.18 Å². The summed E-state index contributed by atoms with van der Waals surface area (Å²) in [5.74, 6) is -1.21. The number of urea groups is 1. The second kappa shape index (κ2) is 7.78. The number of anilines is 1. The average molecular weight is 347 g/mol. The Kier molecular flexibility index (Phi) is 5.74. The quantitative estimate of drug-likeness (QED) is 0.776. The number of halogens is 1. The number of amides is 3. The second-order valence-corrected chi connectivity index (χ2v) is 5.55. The molecule has 3 N–H and O–H groups in total. The molecule has 3 amide bonds. The van der Waals surface area contributed by atoms with E-state index < -0.39 is 17.8 Å². The van der Waals surface area contributed by atoms with Gasteiger partial charge in [0.05, 0.1) is 11.3 Å². The number of carbonyl (C=O) groups is 2. The maximum atomic E-state index is 13.6. The third-order valence-corrected chi connectivity index (χ3v) is 3.95. The van der Waals surface area contributed by atoms with Gasteiger partial charge in [0.2, 0.25) is 0 Å². The Balaban J connectivity index is 2.04. The van der Waals surface area contributed by atoms with E-state index in [4.69, 9.17) is 0 Å². The summed E-state index contributed by atoms with van der Waals surface area (Å²) >= 11 is 0. The van der Waals surface area contributed by atoms with E-state index in [1.165, 1.54) is 19.2 Å². The van der Waals surface area contributed by atoms with Crippen LogP contribution in [-0.4, -0.2) is 28.8 Å². The van der Waals surface area contributed by atoms with Gasteiger partial charge in [-0.05, 0) is 39.0 Å². The van der Waals surface area contributed by atoms with Gasteiger partial charge < -0.3 is 16.0 Å². The van der Waals surface area contributed by atoms with Gasteiger partial charge in [0.1, 0.15) is 5.82 Å². The van der Waals surface area contributed by atoms with Crippen molar-refractivity contribution in [2.45, 2.75) is 33.9 Å². The van der Waals surface area contributed by atoms with Crippen LogP contribution in [0.4, 0.5) is 14.9 Å². The number of hydrogen-bond donors (Lipinski definition) is 3. The summed E-state index contributed by atoms with van der Waals surface area (Å²) in [4.78, 5) is 23.7. The molecule has 7 nitrogen and oxygen atoms in total. The third kappa shape index (κ3) is 4.14. The minimum Gasteiger partial charge on any atom is -0.355 e. The summed E-state index contributed by atoms with van der Waals surface area (Å²) < 4.78 is 15.5. The number of benzene rings is 1. The first kappa shape index (κ1) is 18.4. The minimum atomic E-state index is -0.650. The summed E-state index contributed by atoms with van der Waals surface area (Å²) in [6.07, 6.45) is 0. The van der Waals surface area contributed by atoms with Crippen LogP contribution in [0, 0.1) is 19.7 Å². The number of nitrogens with zero attached hydrogens (tertiary/aromatic N) is 2. The molecule has 1 aromatic carbocycles. The SMILES string of the molecule is CCn1nc(C)c(CNC(=O)Nc2ccc(F)c(C(=O)NC)c2)c1C. The van der Waals surface area contributed by atoms with Crippen molar-refractivity contribution in [3.63, 3.8) is 0 Å². The summed E-state index contributed by atoms with van der Waals surface area (Å²) in [5.41, 5.74) is 3.03. The standard InChI is InChI=1S/C17H22FN5O2/c1-5-23-11(3)14(10(2)22-23)9-20-17(25)21-12-6-7-15(18)13(8-12)16(24)19-4/h6-8H,5,9H2,1-4H3,(H,19,24)(H2,20,21,25). The largest absolute Gasteiger partial charge is 0.355 e. The van der Waals surface area contributed by atoms with Crippen molar-refractivity contribution < 1.29 is 14.0 Å². The summed E-state index contributed by atoms with van der Waals surface area (Å²) in [7, 11) is 1.41. The molecule has 0 aliphatic carbocycles. The molecular formula is C17H22FN5O2. The van der Waals surface area contributed by atoms with E-state index in [1.807, 2.05) is 25.5 Å². The molecule has 0 aliphatic rings. The van der Waals surface area contributed by atoms with Gasteiger partial charge in [0.15, 0.2) is 0 Å². The highest BCUT2D eigenvalue weighted by molar-refractivity contribution is 5.97. The number of carbonyl (C=O) groups excluding carboxylic acids is 2. The molecule has 0 saturated heterocycles. The molecule has 0 aliphatic heterocycles. The van der Waals surface area contributed by atoms with E-state index in [9.17, 15) is 14.0 Å². The zero-order valence-electron chi connectivity index (χ0n) is 14.7. The van der Waals surface area contributed by atoms with Crippen LogP contribution in [-0.2, 0) is 13.1 Å². The zero-order valence-corrected chi connectivity index (χ0v) is 14.7. The van der Waals surface area contributed by atoms with Crippen LogP contribution >= 0.6 is 0 Å². The number of rotatable bonds is 5. The molecule has 2 aromatic rings. The molecule has 0 saturated carbocycles. The highest BCUT2D eigenvalue weighted by Gasteiger charge is 2.14. The minimum absolute atomic E-state index is 0.129. The molecule has 0 radical (unpaired) electrons. The molecule has 8 heteroatoms. The Morgan fingerprint density at radius 1 is 1.28 bits per heavy atom. The first-order valence-electron chi connectivity index (χ1n) is 7.96. The number of aromatic nitrogens is 2. The second-order valence-electron chi connectivity index (χ2n) is 5.55. The van der Waals surface area contributed by atoms with Crippen molar-refractivity contribution in [1.29, 1.82) is 0 Å².